The molecule has 1 aromatic carbocycles. The molecule has 1 unspecified atom stereocenters. The number of nitrogens with one attached hydrogen (secondary N) is 1. The number of alkyl halides is 3. The summed E-state index contributed by atoms with van der Waals surface area (Å²) in [7, 11) is 0. The van der Waals surface area contributed by atoms with E-state index in [0.717, 1.165) is 31.5 Å². The molecule has 2 rings (SSSR count). The Morgan fingerprint density at radius 2 is 2.00 bits per heavy atom. The van der Waals surface area contributed by atoms with E-state index in [4.69, 9.17) is 0 Å². The predicted octanol–water partition coefficient (Wildman–Crippen LogP) is 4.56. The van der Waals surface area contributed by atoms with Crippen LogP contribution in [0.2, 0.25) is 0 Å². The number of hydrogen-bond acceptors (Lipinski definition) is 1. The zero-order chi connectivity index (χ0) is 15.5. The van der Waals surface area contributed by atoms with Gasteiger partial charge in [0.2, 0.25) is 0 Å². The molecule has 0 spiro atoms. The zero-order valence-corrected chi connectivity index (χ0v) is 12.1. The van der Waals surface area contributed by atoms with E-state index in [-0.39, 0.29) is 0 Å². The smallest absolute Gasteiger partial charge is 0.314 e. The fourth-order valence-corrected chi connectivity index (χ4v) is 2.60. The molecule has 0 aromatic heterocycles. The van der Waals surface area contributed by atoms with Crippen LogP contribution >= 0.6 is 0 Å². The molecule has 118 valence electrons. The molecule has 0 radical (unpaired) electrons. The van der Waals surface area contributed by atoms with Gasteiger partial charge in [-0.2, -0.15) is 13.2 Å². The summed E-state index contributed by atoms with van der Waals surface area (Å²) < 4.78 is 51.0. The minimum atomic E-state index is -4.62. The standard InChI is InChI=1S/C16H21F4N/c1-2-9-21-15(12-5-6-12)8-4-11-3-7-13(14(17)10-11)16(18,19)20/h3,7,10,12,15,21H,2,4-6,8-9H2,1H3. The molecule has 1 nitrogen and oxygen atoms in total. The number of benzene rings is 1. The minimum absolute atomic E-state index is 0.398. The SMILES string of the molecule is CCCNC(CCc1ccc(C(F)(F)F)c(F)c1)C1CC1. The van der Waals surface area contributed by atoms with Gasteiger partial charge in [0, 0.05) is 6.04 Å². The van der Waals surface area contributed by atoms with Gasteiger partial charge in [-0.25, -0.2) is 4.39 Å². The van der Waals surface area contributed by atoms with Crippen molar-refractivity contribution in [3.8, 4) is 0 Å². The quantitative estimate of drug-likeness (QED) is 0.728. The van der Waals surface area contributed by atoms with Crippen molar-refractivity contribution in [2.24, 2.45) is 5.92 Å². The van der Waals surface area contributed by atoms with Gasteiger partial charge in [-0.15, -0.1) is 0 Å². The van der Waals surface area contributed by atoms with Gasteiger partial charge in [0.05, 0.1) is 5.56 Å². The molecule has 0 saturated heterocycles. The van der Waals surface area contributed by atoms with Crippen LogP contribution in [0.15, 0.2) is 18.2 Å². The van der Waals surface area contributed by atoms with Crippen molar-refractivity contribution >= 4 is 0 Å². The highest BCUT2D eigenvalue weighted by atomic mass is 19.4. The van der Waals surface area contributed by atoms with Gasteiger partial charge >= 0.3 is 6.18 Å². The molecule has 5 heteroatoms. The molecule has 1 aliphatic rings. The van der Waals surface area contributed by atoms with Gasteiger partial charge in [-0.1, -0.05) is 13.0 Å². The van der Waals surface area contributed by atoms with Gasteiger partial charge < -0.3 is 5.32 Å². The van der Waals surface area contributed by atoms with Crippen molar-refractivity contribution in [3.05, 3.63) is 35.1 Å². The summed E-state index contributed by atoms with van der Waals surface area (Å²) in [5.74, 6) is -0.500. The number of hydrogen-bond donors (Lipinski definition) is 1. The highest BCUT2D eigenvalue weighted by molar-refractivity contribution is 5.26. The highest BCUT2D eigenvalue weighted by Gasteiger charge is 2.34. The van der Waals surface area contributed by atoms with Crippen LogP contribution in [-0.4, -0.2) is 12.6 Å². The predicted molar refractivity (Wildman–Crippen MR) is 74.5 cm³/mol. The van der Waals surface area contributed by atoms with Gasteiger partial charge in [-0.3, -0.25) is 0 Å². The van der Waals surface area contributed by atoms with Crippen LogP contribution in [0, 0.1) is 11.7 Å². The van der Waals surface area contributed by atoms with Crippen LogP contribution in [0.3, 0.4) is 0 Å². The lowest BCUT2D eigenvalue weighted by Gasteiger charge is -2.18. The first-order chi connectivity index (χ1) is 9.91. The fourth-order valence-electron chi connectivity index (χ4n) is 2.60. The van der Waals surface area contributed by atoms with Crippen molar-refractivity contribution in [3.63, 3.8) is 0 Å². The first-order valence-corrected chi connectivity index (χ1v) is 7.50. The van der Waals surface area contributed by atoms with E-state index < -0.39 is 17.6 Å². The fraction of sp³-hybridized carbons (Fsp3) is 0.625. The summed E-state index contributed by atoms with van der Waals surface area (Å²) in [5, 5.41) is 3.48. The third-order valence-corrected chi connectivity index (χ3v) is 3.93. The first-order valence-electron chi connectivity index (χ1n) is 7.50. The Labute approximate surface area is 122 Å². The third kappa shape index (κ3) is 4.70. The van der Waals surface area contributed by atoms with Crippen molar-refractivity contribution < 1.29 is 17.6 Å². The van der Waals surface area contributed by atoms with E-state index in [1.165, 1.54) is 18.9 Å². The average molecular weight is 303 g/mol. The Kier molecular flexibility index (Phi) is 5.25. The van der Waals surface area contributed by atoms with Gasteiger partial charge in [0.25, 0.3) is 0 Å². The lowest BCUT2D eigenvalue weighted by Crippen LogP contribution is -2.32. The number of aryl methyl sites for hydroxylation is 1. The summed E-state index contributed by atoms with van der Waals surface area (Å²) in [5.41, 5.74) is -0.557. The molecule has 1 fully saturated rings. The Morgan fingerprint density at radius 3 is 2.52 bits per heavy atom. The summed E-state index contributed by atoms with van der Waals surface area (Å²) in [4.78, 5) is 0. The molecule has 1 saturated carbocycles. The van der Waals surface area contributed by atoms with E-state index in [1.54, 1.807) is 0 Å². The molecule has 21 heavy (non-hydrogen) atoms. The zero-order valence-electron chi connectivity index (χ0n) is 12.1. The maximum absolute atomic E-state index is 13.5. The third-order valence-electron chi connectivity index (χ3n) is 3.93. The molecule has 0 bridgehead atoms. The molecule has 1 aliphatic carbocycles. The second-order valence-electron chi connectivity index (χ2n) is 5.75. The average Bonchev–Trinajstić information content (AvgIpc) is 3.22. The second kappa shape index (κ2) is 6.77. The lowest BCUT2D eigenvalue weighted by molar-refractivity contribution is -0.140. The van der Waals surface area contributed by atoms with E-state index in [0.29, 0.717) is 23.9 Å². The summed E-state index contributed by atoms with van der Waals surface area (Å²) in [6.07, 6.45) is 0.299. The molecule has 0 heterocycles. The van der Waals surface area contributed by atoms with Gasteiger partial charge in [-0.05, 0) is 62.3 Å². The molecular weight excluding hydrogens is 282 g/mol. The normalized spacial score (nSPS) is 17.0. The maximum atomic E-state index is 13.5. The van der Waals surface area contributed by atoms with Crippen LogP contribution in [0.4, 0.5) is 17.6 Å². The largest absolute Gasteiger partial charge is 0.419 e. The number of rotatable bonds is 7. The maximum Gasteiger partial charge on any atom is 0.419 e. The van der Waals surface area contributed by atoms with Crippen LogP contribution in [0.25, 0.3) is 0 Å². The van der Waals surface area contributed by atoms with Crippen molar-refractivity contribution in [1.29, 1.82) is 0 Å². The lowest BCUT2D eigenvalue weighted by atomic mass is 10.0. The topological polar surface area (TPSA) is 12.0 Å². The second-order valence-corrected chi connectivity index (χ2v) is 5.75. The van der Waals surface area contributed by atoms with Crippen LogP contribution in [-0.2, 0) is 12.6 Å². The van der Waals surface area contributed by atoms with Crippen LogP contribution in [0.1, 0.15) is 43.7 Å². The first kappa shape index (κ1) is 16.3. The van der Waals surface area contributed by atoms with Crippen molar-refractivity contribution in [2.75, 3.05) is 6.54 Å². The summed E-state index contributed by atoms with van der Waals surface area (Å²) in [6, 6.07) is 3.65. The summed E-state index contributed by atoms with van der Waals surface area (Å²) >= 11 is 0. The van der Waals surface area contributed by atoms with Crippen LogP contribution < -0.4 is 5.32 Å². The van der Waals surface area contributed by atoms with E-state index in [2.05, 4.69) is 12.2 Å². The molecule has 1 N–H and O–H groups in total. The molecule has 1 atom stereocenters. The van der Waals surface area contributed by atoms with E-state index in [1.807, 2.05) is 0 Å². The Hall–Kier alpha value is -1.10. The number of halogens is 4. The molecule has 0 amide bonds. The van der Waals surface area contributed by atoms with Crippen LogP contribution in [0.5, 0.6) is 0 Å². The van der Waals surface area contributed by atoms with Crippen molar-refractivity contribution in [1.82, 2.24) is 5.32 Å². The molecule has 0 aliphatic heterocycles. The highest BCUT2D eigenvalue weighted by Crippen LogP contribution is 2.35. The van der Waals surface area contributed by atoms with E-state index >= 15 is 0 Å². The van der Waals surface area contributed by atoms with Gasteiger partial charge in [0.1, 0.15) is 5.82 Å². The molecule has 1 aromatic rings. The Balaban J connectivity index is 1.94. The minimum Gasteiger partial charge on any atom is -0.314 e. The molecular formula is C16H21F4N. The summed E-state index contributed by atoms with van der Waals surface area (Å²) in [6.45, 7) is 3.05. The monoisotopic (exact) mass is 303 g/mol. The van der Waals surface area contributed by atoms with E-state index in [9.17, 15) is 17.6 Å². The Bertz CT molecular complexity index is 466. The Morgan fingerprint density at radius 1 is 1.29 bits per heavy atom. The van der Waals surface area contributed by atoms with Crippen molar-refractivity contribution in [2.45, 2.75) is 51.2 Å². The van der Waals surface area contributed by atoms with Gasteiger partial charge in [0.15, 0.2) is 0 Å².